The molecule has 0 aliphatic heterocycles. The fourth-order valence-corrected chi connectivity index (χ4v) is 2.34. The van der Waals surface area contributed by atoms with Crippen molar-refractivity contribution in [2.24, 2.45) is 4.99 Å². The van der Waals surface area contributed by atoms with Gasteiger partial charge in [0.15, 0.2) is 17.5 Å². The molecule has 0 radical (unpaired) electrons. The third kappa shape index (κ3) is 5.27. The first-order valence-corrected chi connectivity index (χ1v) is 8.48. The Bertz CT molecular complexity index is 746. The molecular formula is C19H27N5O2. The number of ether oxygens (including phenoxy) is 2. The van der Waals surface area contributed by atoms with Crippen molar-refractivity contribution >= 4 is 17.5 Å². The van der Waals surface area contributed by atoms with Crippen molar-refractivity contribution in [2.45, 2.75) is 13.5 Å². The van der Waals surface area contributed by atoms with Crippen LogP contribution in [-0.2, 0) is 6.54 Å². The van der Waals surface area contributed by atoms with Crippen molar-refractivity contribution in [2.75, 3.05) is 45.1 Å². The molecule has 0 saturated carbocycles. The lowest BCUT2D eigenvalue weighted by atomic mass is 10.2. The van der Waals surface area contributed by atoms with E-state index in [9.17, 15) is 0 Å². The van der Waals surface area contributed by atoms with Gasteiger partial charge in [-0.2, -0.15) is 0 Å². The Hall–Kier alpha value is -2.96. The van der Waals surface area contributed by atoms with Gasteiger partial charge in [0.1, 0.15) is 5.82 Å². The summed E-state index contributed by atoms with van der Waals surface area (Å²) in [6.45, 7) is 3.17. The molecule has 2 aromatic rings. The molecule has 0 bridgehead atoms. The van der Waals surface area contributed by atoms with E-state index in [0.717, 1.165) is 22.8 Å². The summed E-state index contributed by atoms with van der Waals surface area (Å²) in [4.78, 5) is 10.6. The lowest BCUT2D eigenvalue weighted by Gasteiger charge is -2.15. The zero-order valence-corrected chi connectivity index (χ0v) is 16.0. The zero-order valence-electron chi connectivity index (χ0n) is 16.0. The minimum absolute atomic E-state index is 0.591. The summed E-state index contributed by atoms with van der Waals surface area (Å²) in [6.07, 6.45) is 1.81. The first-order valence-electron chi connectivity index (χ1n) is 8.48. The number of methoxy groups -OCH3 is 1. The first kappa shape index (κ1) is 19.4. The maximum atomic E-state index is 5.54. The van der Waals surface area contributed by atoms with Crippen LogP contribution in [0.2, 0.25) is 0 Å². The van der Waals surface area contributed by atoms with Gasteiger partial charge in [-0.3, -0.25) is 4.99 Å². The minimum Gasteiger partial charge on any atom is -0.493 e. The second-order valence-corrected chi connectivity index (χ2v) is 5.77. The van der Waals surface area contributed by atoms with Crippen LogP contribution in [-0.4, -0.2) is 45.8 Å². The number of aromatic nitrogens is 1. The standard InChI is InChI=1S/C19H27N5O2/c1-6-26-16-8-7-15(12-17(16)25-5)23-19(20-2)22-13-14-9-10-21-18(11-14)24(3)4/h7-12H,6,13H2,1-5H3,(H2,20,22,23). The van der Waals surface area contributed by atoms with Crippen molar-refractivity contribution in [1.29, 1.82) is 0 Å². The molecule has 2 N–H and O–H groups in total. The van der Waals surface area contributed by atoms with Crippen LogP contribution in [0.4, 0.5) is 11.5 Å². The number of rotatable bonds is 7. The van der Waals surface area contributed by atoms with Crippen molar-refractivity contribution in [3.63, 3.8) is 0 Å². The van der Waals surface area contributed by atoms with Crippen LogP contribution in [0.15, 0.2) is 41.5 Å². The predicted molar refractivity (Wildman–Crippen MR) is 107 cm³/mol. The fourth-order valence-electron chi connectivity index (χ4n) is 2.34. The Morgan fingerprint density at radius 1 is 1.19 bits per heavy atom. The summed E-state index contributed by atoms with van der Waals surface area (Å²) >= 11 is 0. The van der Waals surface area contributed by atoms with Crippen LogP contribution in [0.1, 0.15) is 12.5 Å². The molecule has 0 spiro atoms. The fraction of sp³-hybridized carbons (Fsp3) is 0.368. The molecule has 0 fully saturated rings. The molecule has 1 heterocycles. The van der Waals surface area contributed by atoms with Crippen LogP contribution in [0.5, 0.6) is 11.5 Å². The average Bonchev–Trinajstić information content (AvgIpc) is 2.66. The normalized spacial score (nSPS) is 11.0. The van der Waals surface area contributed by atoms with Crippen molar-refractivity contribution < 1.29 is 9.47 Å². The molecule has 7 heteroatoms. The molecule has 0 atom stereocenters. The number of nitrogens with zero attached hydrogens (tertiary/aromatic N) is 3. The largest absolute Gasteiger partial charge is 0.493 e. The Labute approximate surface area is 155 Å². The number of aliphatic imine (C=N–C) groups is 1. The number of hydrogen-bond donors (Lipinski definition) is 2. The van der Waals surface area contributed by atoms with Gasteiger partial charge in [-0.1, -0.05) is 0 Å². The van der Waals surface area contributed by atoms with Gasteiger partial charge in [-0.15, -0.1) is 0 Å². The van der Waals surface area contributed by atoms with Gasteiger partial charge < -0.3 is 25.0 Å². The molecule has 0 aliphatic carbocycles. The number of nitrogens with one attached hydrogen (secondary N) is 2. The third-order valence-electron chi connectivity index (χ3n) is 3.68. The second-order valence-electron chi connectivity index (χ2n) is 5.77. The van der Waals surface area contributed by atoms with E-state index >= 15 is 0 Å². The molecule has 0 unspecified atom stereocenters. The monoisotopic (exact) mass is 357 g/mol. The number of guanidine groups is 1. The van der Waals surface area contributed by atoms with Gasteiger partial charge in [0.05, 0.1) is 13.7 Å². The summed E-state index contributed by atoms with van der Waals surface area (Å²) in [5, 5.41) is 6.56. The van der Waals surface area contributed by atoms with Gasteiger partial charge in [0.25, 0.3) is 0 Å². The van der Waals surface area contributed by atoms with Crippen LogP contribution >= 0.6 is 0 Å². The van der Waals surface area contributed by atoms with E-state index in [4.69, 9.17) is 9.47 Å². The van der Waals surface area contributed by atoms with Crippen LogP contribution in [0.3, 0.4) is 0 Å². The van der Waals surface area contributed by atoms with Crippen molar-refractivity contribution in [1.82, 2.24) is 10.3 Å². The molecule has 0 amide bonds. The number of benzene rings is 1. The summed E-state index contributed by atoms with van der Waals surface area (Å²) in [5.74, 6) is 2.98. The lowest BCUT2D eigenvalue weighted by Crippen LogP contribution is -2.30. The third-order valence-corrected chi connectivity index (χ3v) is 3.68. The van der Waals surface area contributed by atoms with E-state index in [2.05, 4.69) is 20.6 Å². The van der Waals surface area contributed by atoms with Gasteiger partial charge >= 0.3 is 0 Å². The van der Waals surface area contributed by atoms with Crippen LogP contribution in [0, 0.1) is 0 Å². The number of anilines is 2. The molecule has 0 aliphatic rings. The topological polar surface area (TPSA) is 71.0 Å². The smallest absolute Gasteiger partial charge is 0.195 e. The average molecular weight is 357 g/mol. The van der Waals surface area contributed by atoms with E-state index in [1.807, 2.05) is 56.3 Å². The SMILES string of the molecule is CCOc1ccc(NC(=NC)NCc2ccnc(N(C)C)c2)cc1OC. The Balaban J connectivity index is 2.02. The highest BCUT2D eigenvalue weighted by Gasteiger charge is 2.07. The Kier molecular flexibility index (Phi) is 7.08. The quantitative estimate of drug-likeness (QED) is 0.586. The molecule has 1 aromatic carbocycles. The maximum absolute atomic E-state index is 5.54. The van der Waals surface area contributed by atoms with E-state index in [0.29, 0.717) is 24.9 Å². The van der Waals surface area contributed by atoms with Gasteiger partial charge in [-0.25, -0.2) is 4.98 Å². The molecule has 1 aromatic heterocycles. The summed E-state index contributed by atoms with van der Waals surface area (Å²) < 4.78 is 10.9. The molecule has 26 heavy (non-hydrogen) atoms. The van der Waals surface area contributed by atoms with E-state index in [-0.39, 0.29) is 0 Å². The summed E-state index contributed by atoms with van der Waals surface area (Å²) in [6, 6.07) is 9.71. The highest BCUT2D eigenvalue weighted by atomic mass is 16.5. The Morgan fingerprint density at radius 2 is 2.00 bits per heavy atom. The molecular weight excluding hydrogens is 330 g/mol. The van der Waals surface area contributed by atoms with E-state index in [1.54, 1.807) is 20.4 Å². The molecule has 0 saturated heterocycles. The maximum Gasteiger partial charge on any atom is 0.195 e. The highest BCUT2D eigenvalue weighted by molar-refractivity contribution is 5.93. The van der Waals surface area contributed by atoms with Gasteiger partial charge in [0, 0.05) is 45.6 Å². The van der Waals surface area contributed by atoms with Gasteiger partial charge in [-0.05, 0) is 36.8 Å². The number of pyridine rings is 1. The highest BCUT2D eigenvalue weighted by Crippen LogP contribution is 2.30. The van der Waals surface area contributed by atoms with E-state index < -0.39 is 0 Å². The van der Waals surface area contributed by atoms with Crippen LogP contribution in [0.25, 0.3) is 0 Å². The van der Waals surface area contributed by atoms with Crippen molar-refractivity contribution in [3.05, 3.63) is 42.1 Å². The number of hydrogen-bond acceptors (Lipinski definition) is 5. The summed E-state index contributed by atoms with van der Waals surface area (Å²) in [7, 11) is 7.30. The minimum atomic E-state index is 0.591. The predicted octanol–water partition coefficient (Wildman–Crippen LogP) is 2.74. The van der Waals surface area contributed by atoms with E-state index in [1.165, 1.54) is 0 Å². The first-order chi connectivity index (χ1) is 12.6. The van der Waals surface area contributed by atoms with Gasteiger partial charge in [0.2, 0.25) is 0 Å². The van der Waals surface area contributed by atoms with Crippen molar-refractivity contribution in [3.8, 4) is 11.5 Å². The summed E-state index contributed by atoms with van der Waals surface area (Å²) in [5.41, 5.74) is 1.98. The second kappa shape index (κ2) is 9.50. The molecule has 2 rings (SSSR count). The Morgan fingerprint density at radius 3 is 2.65 bits per heavy atom. The molecule has 140 valence electrons. The lowest BCUT2D eigenvalue weighted by molar-refractivity contribution is 0.311. The van der Waals surface area contributed by atoms with Crippen LogP contribution < -0.4 is 25.0 Å². The molecule has 7 nitrogen and oxygen atoms in total. The zero-order chi connectivity index (χ0) is 18.9.